The number of hydrazone groups is 1. The highest BCUT2D eigenvalue weighted by molar-refractivity contribution is 6.37. The molecule has 1 aliphatic heterocycles. The number of anilines is 1. The molecule has 1 aromatic carbocycles. The number of carbonyl (C=O) groups is 4. The highest BCUT2D eigenvalue weighted by atomic mass is 35.5. The molecular weight excluding hydrogens is 530 g/mol. The molecular formula is C26H30ClN5O7. The predicted octanol–water partition coefficient (Wildman–Crippen LogP) is 4.34. The smallest absolute Gasteiger partial charge is 0.428 e. The lowest BCUT2D eigenvalue weighted by Crippen LogP contribution is -2.41. The average Bonchev–Trinajstić information content (AvgIpc) is 3.04. The summed E-state index contributed by atoms with van der Waals surface area (Å²) < 4.78 is 11.2. The number of nitrogens with zero attached hydrogens (tertiary/aromatic N) is 3. The van der Waals surface area contributed by atoms with Crippen LogP contribution in [0, 0.1) is 6.92 Å². The highest BCUT2D eigenvalue weighted by Gasteiger charge is 2.43. The molecule has 2 N–H and O–H groups in total. The molecule has 2 aromatic rings. The van der Waals surface area contributed by atoms with Gasteiger partial charge in [0.15, 0.2) is 0 Å². The Bertz CT molecular complexity index is 1450. The maximum atomic E-state index is 13.7. The summed E-state index contributed by atoms with van der Waals surface area (Å²) in [4.78, 5) is 66.5. The number of fused-ring (bicyclic) bond motifs is 1. The second-order valence-corrected chi connectivity index (χ2v) is 11.1. The fourth-order valence-corrected chi connectivity index (χ4v) is 3.88. The summed E-state index contributed by atoms with van der Waals surface area (Å²) in [6, 6.07) is 5.98. The summed E-state index contributed by atoms with van der Waals surface area (Å²) >= 11 is 5.96. The molecule has 12 nitrogen and oxygen atoms in total. The van der Waals surface area contributed by atoms with Crippen molar-refractivity contribution in [2.75, 3.05) is 10.3 Å². The van der Waals surface area contributed by atoms with Gasteiger partial charge in [-0.1, -0.05) is 11.6 Å². The number of amides is 4. The van der Waals surface area contributed by atoms with Crippen LogP contribution in [-0.4, -0.2) is 45.6 Å². The molecule has 0 radical (unpaired) electrons. The second-order valence-electron chi connectivity index (χ2n) is 10.7. The van der Waals surface area contributed by atoms with Crippen molar-refractivity contribution in [1.82, 2.24) is 10.1 Å². The van der Waals surface area contributed by atoms with Crippen molar-refractivity contribution in [3.63, 3.8) is 0 Å². The van der Waals surface area contributed by atoms with Crippen molar-refractivity contribution in [2.45, 2.75) is 66.6 Å². The van der Waals surface area contributed by atoms with E-state index in [1.54, 1.807) is 41.5 Å². The maximum Gasteiger partial charge on any atom is 0.428 e. The highest BCUT2D eigenvalue weighted by Crippen LogP contribution is 2.32. The summed E-state index contributed by atoms with van der Waals surface area (Å²) in [5, 5.41) is 4.32. The van der Waals surface area contributed by atoms with Crippen LogP contribution >= 0.6 is 11.6 Å². The van der Waals surface area contributed by atoms with Crippen LogP contribution in [0.25, 0.3) is 0 Å². The van der Waals surface area contributed by atoms with E-state index >= 15 is 0 Å². The van der Waals surface area contributed by atoms with Gasteiger partial charge in [-0.2, -0.15) is 5.10 Å². The fraction of sp³-hybridized carbons (Fsp3) is 0.385. The monoisotopic (exact) mass is 559 g/mol. The third-order valence-electron chi connectivity index (χ3n) is 5.21. The molecule has 39 heavy (non-hydrogen) atoms. The first-order valence-corrected chi connectivity index (χ1v) is 12.3. The van der Waals surface area contributed by atoms with Crippen LogP contribution in [-0.2, 0) is 9.47 Å². The van der Waals surface area contributed by atoms with Gasteiger partial charge in [-0.25, -0.2) is 30.0 Å². The van der Waals surface area contributed by atoms with Crippen LogP contribution in [0.15, 0.2) is 34.2 Å². The zero-order valence-corrected chi connectivity index (χ0v) is 23.6. The summed E-state index contributed by atoms with van der Waals surface area (Å²) in [5.74, 6) is -1.52. The average molecular weight is 560 g/mol. The molecule has 2 heterocycles. The summed E-state index contributed by atoms with van der Waals surface area (Å²) in [5.41, 5.74) is 1.37. The molecule has 1 aromatic heterocycles. The van der Waals surface area contributed by atoms with E-state index in [1.807, 2.05) is 0 Å². The minimum Gasteiger partial charge on any atom is -0.443 e. The number of nitrogens with one attached hydrogen (secondary N) is 2. The van der Waals surface area contributed by atoms with Crippen LogP contribution in [0.5, 0.6) is 0 Å². The molecule has 0 unspecified atom stereocenters. The van der Waals surface area contributed by atoms with Gasteiger partial charge in [0.2, 0.25) is 0 Å². The molecule has 1 aliphatic rings. The number of carbonyl (C=O) groups excluding carboxylic acids is 4. The Morgan fingerprint density at radius 2 is 1.38 bits per heavy atom. The Balaban J connectivity index is 2.20. The van der Waals surface area contributed by atoms with Crippen molar-refractivity contribution in [2.24, 2.45) is 5.10 Å². The summed E-state index contributed by atoms with van der Waals surface area (Å²) in [6.07, 6.45) is -1.87. The van der Waals surface area contributed by atoms with Gasteiger partial charge in [-0.15, -0.1) is 0 Å². The molecule has 0 aliphatic carbocycles. The summed E-state index contributed by atoms with van der Waals surface area (Å²) in [6.45, 7) is 12.7. The van der Waals surface area contributed by atoms with E-state index in [4.69, 9.17) is 21.1 Å². The topological polar surface area (TPSA) is 148 Å². The number of pyridine rings is 1. The molecule has 208 valence electrons. The van der Waals surface area contributed by atoms with Crippen LogP contribution in [0.3, 0.4) is 0 Å². The lowest BCUT2D eigenvalue weighted by atomic mass is 10.00. The largest absolute Gasteiger partial charge is 0.443 e. The van der Waals surface area contributed by atoms with E-state index in [0.29, 0.717) is 5.02 Å². The van der Waals surface area contributed by atoms with Gasteiger partial charge in [0, 0.05) is 5.02 Å². The van der Waals surface area contributed by atoms with Gasteiger partial charge in [-0.3, -0.25) is 14.4 Å². The third-order valence-corrected chi connectivity index (χ3v) is 5.46. The molecule has 3 rings (SSSR count). The van der Waals surface area contributed by atoms with Crippen LogP contribution in [0.4, 0.5) is 15.3 Å². The molecule has 0 saturated heterocycles. The molecule has 0 bridgehead atoms. The van der Waals surface area contributed by atoms with E-state index in [9.17, 15) is 24.0 Å². The van der Waals surface area contributed by atoms with Crippen molar-refractivity contribution in [3.05, 3.63) is 62.0 Å². The van der Waals surface area contributed by atoms with E-state index in [1.165, 1.54) is 38.1 Å². The van der Waals surface area contributed by atoms with Crippen molar-refractivity contribution in [1.29, 1.82) is 0 Å². The first-order valence-electron chi connectivity index (χ1n) is 11.9. The van der Waals surface area contributed by atoms with Crippen LogP contribution in [0.2, 0.25) is 5.02 Å². The molecule has 13 heteroatoms. The van der Waals surface area contributed by atoms with Crippen LogP contribution in [0.1, 0.15) is 80.4 Å². The third kappa shape index (κ3) is 6.45. The van der Waals surface area contributed by atoms with E-state index in [0.717, 1.165) is 9.58 Å². The number of imide groups is 1. The Labute approximate surface area is 229 Å². The van der Waals surface area contributed by atoms with Crippen molar-refractivity contribution in [3.8, 4) is 0 Å². The van der Waals surface area contributed by atoms with Gasteiger partial charge < -0.3 is 9.47 Å². The Kier molecular flexibility index (Phi) is 7.92. The zero-order chi connectivity index (χ0) is 29.4. The maximum absolute atomic E-state index is 13.7. The van der Waals surface area contributed by atoms with Gasteiger partial charge in [-0.05, 0) is 79.7 Å². The lowest BCUT2D eigenvalue weighted by molar-refractivity contribution is 0.0527. The minimum atomic E-state index is -0.966. The molecule has 0 fully saturated rings. The number of ether oxygens (including phenoxy) is 2. The number of benzene rings is 1. The zero-order valence-electron chi connectivity index (χ0n) is 22.9. The Hall–Kier alpha value is -4.19. The SMILES string of the molecule is C/C(=N\NC(=O)OC(C)(C)C)c1c2c(c(C)n(NC(=O)OC(C)(C)C)c1=O)C(=O)N(c1ccc(Cl)cc1)C2=O. The number of aromatic nitrogens is 1. The Morgan fingerprint density at radius 1 is 0.872 bits per heavy atom. The standard InChI is InChI=1S/C26H30ClN5O7/c1-13(28-29-23(36)38-25(3,4)5)17-19-18(14(2)32(22(17)35)30-24(37)39-26(6,7)8)20(33)31(21(19)34)16-11-9-15(27)10-12-16/h9-12H,1-8H3,(H,29,36)(H,30,37)/b28-13+. The number of halogens is 1. The van der Waals surface area contributed by atoms with Crippen molar-refractivity contribution >= 4 is 47.0 Å². The predicted molar refractivity (Wildman–Crippen MR) is 145 cm³/mol. The van der Waals surface area contributed by atoms with Gasteiger partial charge in [0.25, 0.3) is 17.4 Å². The van der Waals surface area contributed by atoms with Gasteiger partial charge in [0.05, 0.1) is 33.8 Å². The molecule has 0 saturated carbocycles. The van der Waals surface area contributed by atoms with Crippen LogP contribution < -0.4 is 21.3 Å². The lowest BCUT2D eigenvalue weighted by Gasteiger charge is -2.22. The number of hydrogen-bond acceptors (Lipinski definition) is 8. The van der Waals surface area contributed by atoms with Crippen molar-refractivity contribution < 1.29 is 28.7 Å². The number of rotatable bonds is 4. The minimum absolute atomic E-state index is 0.00711. The van der Waals surface area contributed by atoms with E-state index in [2.05, 4.69) is 16.0 Å². The van der Waals surface area contributed by atoms with E-state index in [-0.39, 0.29) is 33.8 Å². The molecule has 0 spiro atoms. The Morgan fingerprint density at radius 3 is 1.92 bits per heavy atom. The second kappa shape index (κ2) is 10.5. The quantitative estimate of drug-likeness (QED) is 0.321. The molecule has 0 atom stereocenters. The first-order chi connectivity index (χ1) is 17.9. The molecule has 4 amide bonds. The first kappa shape index (κ1) is 29.4. The normalized spacial score (nSPS) is 13.8. The van der Waals surface area contributed by atoms with Gasteiger partial charge in [0.1, 0.15) is 11.2 Å². The summed E-state index contributed by atoms with van der Waals surface area (Å²) in [7, 11) is 0. The fourth-order valence-electron chi connectivity index (χ4n) is 3.75. The van der Waals surface area contributed by atoms with Gasteiger partial charge >= 0.3 is 12.2 Å². The van der Waals surface area contributed by atoms with E-state index < -0.39 is 40.8 Å². The number of hydrogen-bond donors (Lipinski definition) is 2.